The highest BCUT2D eigenvalue weighted by atomic mass is 16.5. The Balaban J connectivity index is 1.79. The second kappa shape index (κ2) is 5.03. The molecule has 3 heterocycles. The van der Waals surface area contributed by atoms with Crippen LogP contribution < -0.4 is 5.32 Å². The number of benzene rings is 1. The molecule has 118 valence electrons. The van der Waals surface area contributed by atoms with Crippen LogP contribution in [0.5, 0.6) is 0 Å². The third kappa shape index (κ3) is 2.09. The highest BCUT2D eigenvalue weighted by molar-refractivity contribution is 6.07. The molecule has 6 nitrogen and oxygen atoms in total. The molecule has 1 aromatic carbocycles. The van der Waals surface area contributed by atoms with Gasteiger partial charge in [0, 0.05) is 18.1 Å². The van der Waals surface area contributed by atoms with Gasteiger partial charge in [-0.15, -0.1) is 0 Å². The average Bonchev–Trinajstić information content (AvgIpc) is 2.53. The zero-order valence-electron chi connectivity index (χ0n) is 12.8. The van der Waals surface area contributed by atoms with Crippen LogP contribution in [0.1, 0.15) is 15.9 Å². The lowest BCUT2D eigenvalue weighted by atomic mass is 9.91. The first-order chi connectivity index (χ1) is 11.1. The Kier molecular flexibility index (Phi) is 3.09. The zero-order valence-corrected chi connectivity index (χ0v) is 12.8. The zero-order chi connectivity index (χ0) is 16.0. The summed E-state index contributed by atoms with van der Waals surface area (Å²) in [6, 6.07) is 7.54. The molecule has 1 aromatic heterocycles. The molecule has 2 amide bonds. The van der Waals surface area contributed by atoms with E-state index in [1.807, 2.05) is 25.1 Å². The monoisotopic (exact) mass is 311 g/mol. The van der Waals surface area contributed by atoms with Crippen LogP contribution in [0.25, 0.3) is 10.9 Å². The van der Waals surface area contributed by atoms with Crippen LogP contribution >= 0.6 is 0 Å². The molecule has 6 heteroatoms. The number of fused-ring (bicyclic) bond motifs is 1. The van der Waals surface area contributed by atoms with Gasteiger partial charge < -0.3 is 15.0 Å². The maximum atomic E-state index is 13.1. The van der Waals surface area contributed by atoms with Gasteiger partial charge in [-0.2, -0.15) is 0 Å². The first kappa shape index (κ1) is 14.1. The van der Waals surface area contributed by atoms with Crippen LogP contribution in [0, 0.1) is 6.92 Å². The maximum absolute atomic E-state index is 13.1. The molecule has 0 unspecified atom stereocenters. The molecule has 0 radical (unpaired) electrons. The van der Waals surface area contributed by atoms with E-state index in [4.69, 9.17) is 4.74 Å². The SMILES string of the molecule is Cc1ccc(C(=O)N2CC(=O)NCC23COC3)c2ncccc12. The second-order valence-corrected chi connectivity index (χ2v) is 6.21. The Morgan fingerprint density at radius 1 is 1.35 bits per heavy atom. The Hall–Kier alpha value is -2.47. The van der Waals surface area contributed by atoms with E-state index in [1.54, 1.807) is 17.2 Å². The second-order valence-electron chi connectivity index (χ2n) is 6.21. The van der Waals surface area contributed by atoms with Crippen LogP contribution in [-0.2, 0) is 9.53 Å². The standard InChI is InChI=1S/C17H17N3O3/c1-11-4-5-13(15-12(11)3-2-6-18-15)16(22)20-7-14(21)19-8-17(20)9-23-10-17/h2-6H,7-10H2,1H3,(H,19,21). The summed E-state index contributed by atoms with van der Waals surface area (Å²) in [5, 5.41) is 3.79. The van der Waals surface area contributed by atoms with Crippen LogP contribution in [0.4, 0.5) is 0 Å². The molecular formula is C17H17N3O3. The number of amides is 2. The molecular weight excluding hydrogens is 294 g/mol. The number of rotatable bonds is 1. The van der Waals surface area contributed by atoms with E-state index in [9.17, 15) is 9.59 Å². The normalized spacial score (nSPS) is 19.5. The van der Waals surface area contributed by atoms with Crippen molar-refractivity contribution >= 4 is 22.7 Å². The Bertz CT molecular complexity index is 814. The fourth-order valence-electron chi connectivity index (χ4n) is 3.24. The molecule has 23 heavy (non-hydrogen) atoms. The van der Waals surface area contributed by atoms with E-state index < -0.39 is 5.54 Å². The highest BCUT2D eigenvalue weighted by Crippen LogP contribution is 2.30. The molecule has 1 spiro atoms. The minimum absolute atomic E-state index is 0.0599. The van der Waals surface area contributed by atoms with Crippen LogP contribution in [-0.4, -0.2) is 53.5 Å². The number of aryl methyl sites for hydroxylation is 1. The van der Waals surface area contributed by atoms with Gasteiger partial charge in [-0.05, 0) is 24.6 Å². The van der Waals surface area contributed by atoms with E-state index in [0.717, 1.165) is 10.9 Å². The summed E-state index contributed by atoms with van der Waals surface area (Å²) in [5.74, 6) is -0.299. The number of nitrogens with one attached hydrogen (secondary N) is 1. The molecule has 0 saturated carbocycles. The lowest BCUT2D eigenvalue weighted by Crippen LogP contribution is -2.73. The van der Waals surface area contributed by atoms with E-state index in [1.165, 1.54) is 0 Å². The van der Waals surface area contributed by atoms with Crippen LogP contribution in [0.2, 0.25) is 0 Å². The van der Waals surface area contributed by atoms with Crippen molar-refractivity contribution in [3.05, 3.63) is 41.6 Å². The third-order valence-corrected chi connectivity index (χ3v) is 4.69. The largest absolute Gasteiger partial charge is 0.376 e. The summed E-state index contributed by atoms with van der Waals surface area (Å²) in [6.45, 7) is 3.40. The average molecular weight is 311 g/mol. The summed E-state index contributed by atoms with van der Waals surface area (Å²) in [4.78, 5) is 31.0. The van der Waals surface area contributed by atoms with Gasteiger partial charge in [0.05, 0.1) is 24.3 Å². The Morgan fingerprint density at radius 2 is 2.17 bits per heavy atom. The van der Waals surface area contributed by atoms with Crippen molar-refractivity contribution in [3.8, 4) is 0 Å². The summed E-state index contributed by atoms with van der Waals surface area (Å²) in [6.07, 6.45) is 1.68. The van der Waals surface area contributed by atoms with Crippen molar-refractivity contribution in [1.29, 1.82) is 0 Å². The summed E-state index contributed by atoms with van der Waals surface area (Å²) >= 11 is 0. The molecule has 0 atom stereocenters. The summed E-state index contributed by atoms with van der Waals surface area (Å²) in [7, 11) is 0. The Labute approximate surface area is 133 Å². The molecule has 2 saturated heterocycles. The van der Waals surface area contributed by atoms with E-state index in [-0.39, 0.29) is 18.4 Å². The molecule has 0 bridgehead atoms. The van der Waals surface area contributed by atoms with Crippen molar-refractivity contribution in [3.63, 3.8) is 0 Å². The van der Waals surface area contributed by atoms with E-state index >= 15 is 0 Å². The molecule has 2 aromatic rings. The van der Waals surface area contributed by atoms with Crippen molar-refractivity contribution < 1.29 is 14.3 Å². The maximum Gasteiger partial charge on any atom is 0.257 e. The predicted octanol–water partition coefficient (Wildman–Crippen LogP) is 0.884. The minimum atomic E-state index is -0.420. The minimum Gasteiger partial charge on any atom is -0.376 e. The molecule has 4 rings (SSSR count). The van der Waals surface area contributed by atoms with Gasteiger partial charge >= 0.3 is 0 Å². The van der Waals surface area contributed by atoms with Gasteiger partial charge in [-0.25, -0.2) is 0 Å². The number of nitrogens with zero attached hydrogens (tertiary/aromatic N) is 2. The number of carbonyl (C=O) groups excluding carboxylic acids is 2. The first-order valence-electron chi connectivity index (χ1n) is 7.61. The smallest absolute Gasteiger partial charge is 0.257 e. The van der Waals surface area contributed by atoms with Crippen LogP contribution in [0.3, 0.4) is 0 Å². The first-order valence-corrected chi connectivity index (χ1v) is 7.61. The van der Waals surface area contributed by atoms with Gasteiger partial charge in [0.15, 0.2) is 0 Å². The van der Waals surface area contributed by atoms with Crippen LogP contribution in [0.15, 0.2) is 30.5 Å². The van der Waals surface area contributed by atoms with E-state index in [2.05, 4.69) is 10.3 Å². The number of carbonyl (C=O) groups is 2. The lowest BCUT2D eigenvalue weighted by molar-refractivity contribution is -0.152. The lowest BCUT2D eigenvalue weighted by Gasteiger charge is -2.51. The number of hydrogen-bond acceptors (Lipinski definition) is 4. The fraction of sp³-hybridized carbons (Fsp3) is 0.353. The van der Waals surface area contributed by atoms with Crippen molar-refractivity contribution in [2.24, 2.45) is 0 Å². The number of hydrogen-bond donors (Lipinski definition) is 1. The number of piperazine rings is 1. The number of ether oxygens (including phenoxy) is 1. The number of aromatic nitrogens is 1. The quantitative estimate of drug-likeness (QED) is 0.849. The van der Waals surface area contributed by atoms with Gasteiger partial charge in [-0.1, -0.05) is 12.1 Å². The molecule has 0 aliphatic carbocycles. The van der Waals surface area contributed by atoms with Crippen molar-refractivity contribution in [2.45, 2.75) is 12.5 Å². The van der Waals surface area contributed by atoms with Gasteiger partial charge in [-0.3, -0.25) is 14.6 Å². The molecule has 2 aliphatic rings. The van der Waals surface area contributed by atoms with E-state index in [0.29, 0.717) is 30.8 Å². The molecule has 2 aliphatic heterocycles. The third-order valence-electron chi connectivity index (χ3n) is 4.69. The van der Waals surface area contributed by atoms with Crippen molar-refractivity contribution in [1.82, 2.24) is 15.2 Å². The number of pyridine rings is 1. The van der Waals surface area contributed by atoms with Gasteiger partial charge in [0.25, 0.3) is 5.91 Å². The van der Waals surface area contributed by atoms with Gasteiger partial charge in [0.2, 0.25) is 5.91 Å². The Morgan fingerprint density at radius 3 is 2.91 bits per heavy atom. The molecule has 2 fully saturated rings. The fourth-order valence-corrected chi connectivity index (χ4v) is 3.24. The summed E-state index contributed by atoms with van der Waals surface area (Å²) < 4.78 is 5.31. The topological polar surface area (TPSA) is 71.5 Å². The van der Waals surface area contributed by atoms with Crippen molar-refractivity contribution in [2.75, 3.05) is 26.3 Å². The van der Waals surface area contributed by atoms with Gasteiger partial charge in [0.1, 0.15) is 12.1 Å². The predicted molar refractivity (Wildman–Crippen MR) is 84.1 cm³/mol. The highest BCUT2D eigenvalue weighted by Gasteiger charge is 2.50. The summed E-state index contributed by atoms with van der Waals surface area (Å²) in [5.41, 5.74) is 1.87. The molecule has 1 N–H and O–H groups in total.